The maximum Gasteiger partial charge on any atom is 0.407 e. The third-order valence-corrected chi connectivity index (χ3v) is 6.46. The summed E-state index contributed by atoms with van der Waals surface area (Å²) in [6.07, 6.45) is -0.831. The number of nitrogens with zero attached hydrogens (tertiary/aromatic N) is 1. The zero-order valence-electron chi connectivity index (χ0n) is 9.62. The third kappa shape index (κ3) is 1.80. The fourth-order valence-corrected chi connectivity index (χ4v) is 5.04. The minimum absolute atomic E-state index is 0.225. The smallest absolute Gasteiger partial charge is 0.407 e. The molecule has 1 N–H and O–H groups in total. The molecule has 0 unspecified atom stereocenters. The number of alkyl carbamates (subject to hydrolysis) is 1. The fourth-order valence-electron chi connectivity index (χ4n) is 2.18. The number of rotatable bonds is 2. The Labute approximate surface area is 109 Å². The summed E-state index contributed by atoms with van der Waals surface area (Å²) in [5.74, 6) is 0. The lowest BCUT2D eigenvalue weighted by molar-refractivity contribution is 0.138. The second-order valence-electron chi connectivity index (χ2n) is 4.46. The van der Waals surface area contributed by atoms with Crippen molar-refractivity contribution in [2.45, 2.75) is 23.3 Å². The number of hydrogen-bond donors (Lipinski definition) is 1. The first kappa shape index (κ1) is 11.9. The highest BCUT2D eigenvalue weighted by atomic mass is 32.2. The van der Waals surface area contributed by atoms with Gasteiger partial charge in [-0.2, -0.15) is 4.31 Å². The molecule has 6 nitrogen and oxygen atoms in total. The van der Waals surface area contributed by atoms with Crippen molar-refractivity contribution in [1.82, 2.24) is 9.62 Å². The molecule has 0 aromatic carbocycles. The van der Waals surface area contributed by atoms with Gasteiger partial charge in [0.15, 0.2) is 0 Å². The molecule has 0 spiro atoms. The van der Waals surface area contributed by atoms with Crippen LogP contribution in [0.25, 0.3) is 0 Å². The SMILES string of the molecule is Cc1csc(S(=O)(=O)N2C[C@@H]3NC(=O)O[C@@H]3C2)c1. The average molecular weight is 288 g/mol. The third-order valence-electron chi connectivity index (χ3n) is 3.10. The van der Waals surface area contributed by atoms with E-state index in [2.05, 4.69) is 5.32 Å². The summed E-state index contributed by atoms with van der Waals surface area (Å²) in [6, 6.07) is 1.43. The molecule has 0 bridgehead atoms. The van der Waals surface area contributed by atoms with Gasteiger partial charge in [-0.1, -0.05) is 0 Å². The summed E-state index contributed by atoms with van der Waals surface area (Å²) in [6.45, 7) is 2.36. The summed E-state index contributed by atoms with van der Waals surface area (Å²) >= 11 is 1.21. The van der Waals surface area contributed by atoms with Crippen LogP contribution in [-0.4, -0.2) is 44.1 Å². The van der Waals surface area contributed by atoms with E-state index in [1.54, 1.807) is 6.07 Å². The zero-order valence-corrected chi connectivity index (χ0v) is 11.3. The lowest BCUT2D eigenvalue weighted by Crippen LogP contribution is -2.35. The topological polar surface area (TPSA) is 75.7 Å². The molecule has 2 aliphatic rings. The van der Waals surface area contributed by atoms with Crippen molar-refractivity contribution >= 4 is 27.5 Å². The largest absolute Gasteiger partial charge is 0.443 e. The van der Waals surface area contributed by atoms with Crippen LogP contribution in [0.5, 0.6) is 0 Å². The molecule has 2 saturated heterocycles. The highest BCUT2D eigenvalue weighted by molar-refractivity contribution is 7.91. The van der Waals surface area contributed by atoms with Gasteiger partial charge in [0.05, 0.1) is 12.6 Å². The minimum Gasteiger partial charge on any atom is -0.443 e. The summed E-state index contributed by atoms with van der Waals surface area (Å²) in [7, 11) is -3.46. The normalized spacial score (nSPS) is 27.9. The molecule has 0 saturated carbocycles. The van der Waals surface area contributed by atoms with Crippen molar-refractivity contribution in [3.8, 4) is 0 Å². The Balaban J connectivity index is 1.83. The summed E-state index contributed by atoms with van der Waals surface area (Å²) in [5, 5.41) is 4.42. The van der Waals surface area contributed by atoms with Gasteiger partial charge in [0.25, 0.3) is 10.0 Å². The Morgan fingerprint density at radius 1 is 1.50 bits per heavy atom. The molecular formula is C10H12N2O4S2. The highest BCUT2D eigenvalue weighted by Gasteiger charge is 2.46. The number of sulfonamides is 1. The maximum atomic E-state index is 12.3. The van der Waals surface area contributed by atoms with Crippen molar-refractivity contribution in [3.63, 3.8) is 0 Å². The minimum atomic E-state index is -3.46. The molecule has 3 rings (SSSR count). The van der Waals surface area contributed by atoms with Crippen molar-refractivity contribution in [1.29, 1.82) is 0 Å². The average Bonchev–Trinajstić information content (AvgIpc) is 2.91. The van der Waals surface area contributed by atoms with Crippen molar-refractivity contribution in [2.75, 3.05) is 13.1 Å². The number of aryl methyl sites for hydroxylation is 1. The number of nitrogens with one attached hydrogen (secondary N) is 1. The molecule has 18 heavy (non-hydrogen) atoms. The van der Waals surface area contributed by atoms with Crippen LogP contribution < -0.4 is 5.32 Å². The predicted molar refractivity (Wildman–Crippen MR) is 65.0 cm³/mol. The number of thiophene rings is 1. The van der Waals surface area contributed by atoms with Crippen LogP contribution in [0.4, 0.5) is 4.79 Å². The van der Waals surface area contributed by atoms with E-state index in [9.17, 15) is 13.2 Å². The Hall–Kier alpha value is -1.12. The van der Waals surface area contributed by atoms with E-state index >= 15 is 0 Å². The van der Waals surface area contributed by atoms with Crippen LogP contribution >= 0.6 is 11.3 Å². The Morgan fingerprint density at radius 2 is 2.28 bits per heavy atom. The standard InChI is InChI=1S/C10H12N2O4S2/c1-6-2-9(17-5-6)18(14,15)12-3-7-8(4-12)16-10(13)11-7/h2,5,7-8H,3-4H2,1H3,(H,11,13)/t7-,8+/m0/s1. The molecule has 8 heteroatoms. The first-order valence-corrected chi connectivity index (χ1v) is 7.81. The van der Waals surface area contributed by atoms with E-state index < -0.39 is 16.1 Å². The molecule has 98 valence electrons. The van der Waals surface area contributed by atoms with Crippen LogP contribution in [0.3, 0.4) is 0 Å². The quantitative estimate of drug-likeness (QED) is 0.861. The molecule has 1 amide bonds. The van der Waals surface area contributed by atoms with E-state index in [-0.39, 0.29) is 25.2 Å². The Morgan fingerprint density at radius 3 is 2.89 bits per heavy atom. The Kier molecular flexibility index (Phi) is 2.61. The van der Waals surface area contributed by atoms with E-state index in [4.69, 9.17) is 4.74 Å². The molecule has 2 atom stereocenters. The van der Waals surface area contributed by atoms with Gasteiger partial charge < -0.3 is 10.1 Å². The zero-order chi connectivity index (χ0) is 12.9. The van der Waals surface area contributed by atoms with Crippen molar-refractivity contribution < 1.29 is 17.9 Å². The molecule has 0 aliphatic carbocycles. The van der Waals surface area contributed by atoms with E-state index in [0.29, 0.717) is 4.21 Å². The van der Waals surface area contributed by atoms with Gasteiger partial charge in [0, 0.05) is 6.54 Å². The number of fused-ring (bicyclic) bond motifs is 1. The van der Waals surface area contributed by atoms with Crippen LogP contribution in [0, 0.1) is 6.92 Å². The summed E-state index contributed by atoms with van der Waals surface area (Å²) in [4.78, 5) is 11.0. The van der Waals surface area contributed by atoms with E-state index in [1.807, 2.05) is 12.3 Å². The second kappa shape index (κ2) is 3.94. The predicted octanol–water partition coefficient (Wildman–Crippen LogP) is 0.538. The molecule has 3 heterocycles. The monoisotopic (exact) mass is 288 g/mol. The van der Waals surface area contributed by atoms with Gasteiger partial charge in [0.1, 0.15) is 10.3 Å². The number of carbonyl (C=O) groups excluding carboxylic acids is 1. The van der Waals surface area contributed by atoms with Gasteiger partial charge in [-0.25, -0.2) is 13.2 Å². The Bertz CT molecular complexity index is 579. The van der Waals surface area contributed by atoms with Crippen LogP contribution in [-0.2, 0) is 14.8 Å². The number of amides is 1. The number of hydrogen-bond acceptors (Lipinski definition) is 5. The van der Waals surface area contributed by atoms with Gasteiger partial charge in [-0.05, 0) is 23.9 Å². The maximum absolute atomic E-state index is 12.3. The summed E-state index contributed by atoms with van der Waals surface area (Å²) < 4.78 is 31.4. The van der Waals surface area contributed by atoms with Crippen LogP contribution in [0.15, 0.2) is 15.7 Å². The fraction of sp³-hybridized carbons (Fsp3) is 0.500. The summed E-state index contributed by atoms with van der Waals surface area (Å²) in [5.41, 5.74) is 0.933. The first-order valence-electron chi connectivity index (χ1n) is 5.49. The van der Waals surface area contributed by atoms with Crippen LogP contribution in [0.2, 0.25) is 0 Å². The highest BCUT2D eigenvalue weighted by Crippen LogP contribution is 2.28. The van der Waals surface area contributed by atoms with E-state index in [0.717, 1.165) is 5.56 Å². The molecule has 2 aliphatic heterocycles. The molecule has 0 radical (unpaired) electrons. The van der Waals surface area contributed by atoms with E-state index in [1.165, 1.54) is 15.6 Å². The molecule has 1 aromatic heterocycles. The molecular weight excluding hydrogens is 276 g/mol. The van der Waals surface area contributed by atoms with Gasteiger partial charge in [-0.15, -0.1) is 11.3 Å². The van der Waals surface area contributed by atoms with Gasteiger partial charge in [-0.3, -0.25) is 0 Å². The van der Waals surface area contributed by atoms with Crippen molar-refractivity contribution in [2.24, 2.45) is 0 Å². The van der Waals surface area contributed by atoms with Crippen LogP contribution in [0.1, 0.15) is 5.56 Å². The van der Waals surface area contributed by atoms with Crippen molar-refractivity contribution in [3.05, 3.63) is 17.0 Å². The number of carbonyl (C=O) groups is 1. The number of ether oxygens (including phenoxy) is 1. The molecule has 1 aromatic rings. The first-order chi connectivity index (χ1) is 8.46. The lowest BCUT2D eigenvalue weighted by Gasteiger charge is -2.15. The molecule has 2 fully saturated rings. The van der Waals surface area contributed by atoms with Gasteiger partial charge >= 0.3 is 6.09 Å². The second-order valence-corrected chi connectivity index (χ2v) is 7.54. The lowest BCUT2D eigenvalue weighted by atomic mass is 10.2. The van der Waals surface area contributed by atoms with Gasteiger partial charge in [0.2, 0.25) is 0 Å².